The van der Waals surface area contributed by atoms with E-state index in [-0.39, 0.29) is 11.5 Å². The van der Waals surface area contributed by atoms with Crippen molar-refractivity contribution in [2.24, 2.45) is 0 Å². The van der Waals surface area contributed by atoms with E-state index in [0.717, 1.165) is 0 Å². The van der Waals surface area contributed by atoms with Gasteiger partial charge in [0.2, 0.25) is 0 Å². The van der Waals surface area contributed by atoms with E-state index in [1.807, 2.05) is 0 Å². The van der Waals surface area contributed by atoms with E-state index in [2.05, 4.69) is 0 Å². The van der Waals surface area contributed by atoms with Crippen LogP contribution >= 0.6 is 0 Å². The molecule has 0 aromatic carbocycles. The number of hydrogen-bond donors (Lipinski definition) is 1. The van der Waals surface area contributed by atoms with Crippen LogP contribution in [-0.2, 0) is 4.79 Å². The van der Waals surface area contributed by atoms with Crippen LogP contribution in [0.5, 0.6) is 0 Å². The normalized spacial score (nSPS) is 20.0. The van der Waals surface area contributed by atoms with Crippen LogP contribution in [0.15, 0.2) is 35.1 Å². The third kappa shape index (κ3) is 1.40. The van der Waals surface area contributed by atoms with Crippen molar-refractivity contribution < 1.29 is 9.90 Å². The van der Waals surface area contributed by atoms with E-state index in [1.165, 1.54) is 6.92 Å². The molecule has 0 saturated heterocycles. The van der Waals surface area contributed by atoms with Crippen LogP contribution in [-0.4, -0.2) is 10.9 Å². The first kappa shape index (κ1) is 7.79. The second-order valence-electron chi connectivity index (χ2n) is 2.49. The van der Waals surface area contributed by atoms with Gasteiger partial charge in [0.25, 0.3) is 0 Å². The average molecular weight is 150 g/mol. The minimum atomic E-state index is -0.0154. The molecule has 1 rings (SSSR count). The molecule has 2 nitrogen and oxygen atoms in total. The van der Waals surface area contributed by atoms with Crippen LogP contribution in [0.3, 0.4) is 0 Å². The monoisotopic (exact) mass is 150 g/mol. The van der Waals surface area contributed by atoms with Gasteiger partial charge in [-0.1, -0.05) is 18.2 Å². The summed E-state index contributed by atoms with van der Waals surface area (Å²) in [5.74, 6) is 0.179. The van der Waals surface area contributed by atoms with Gasteiger partial charge in [0.1, 0.15) is 0 Å². The lowest BCUT2D eigenvalue weighted by molar-refractivity contribution is -0.113. The molecule has 1 aliphatic rings. The van der Waals surface area contributed by atoms with Gasteiger partial charge in [0.05, 0.1) is 5.76 Å². The van der Waals surface area contributed by atoms with Crippen LogP contribution in [0.25, 0.3) is 0 Å². The van der Waals surface area contributed by atoms with Crippen molar-refractivity contribution in [3.63, 3.8) is 0 Å². The number of aliphatic hydroxyl groups is 1. The quantitative estimate of drug-likeness (QED) is 0.579. The first-order valence-electron chi connectivity index (χ1n) is 3.42. The van der Waals surface area contributed by atoms with Gasteiger partial charge in [0, 0.05) is 11.1 Å². The summed E-state index contributed by atoms with van der Waals surface area (Å²) in [7, 11) is 0. The van der Waals surface area contributed by atoms with Gasteiger partial charge in [-0.05, 0) is 13.8 Å². The fourth-order valence-electron chi connectivity index (χ4n) is 1.04. The molecule has 58 valence electrons. The smallest absolute Gasteiger partial charge is 0.160 e. The Hall–Kier alpha value is -1.31. The molecule has 1 aliphatic carbocycles. The Bertz CT molecular complexity index is 276. The molecule has 0 aliphatic heterocycles. The summed E-state index contributed by atoms with van der Waals surface area (Å²) in [4.78, 5) is 10.9. The fourth-order valence-corrected chi connectivity index (χ4v) is 1.04. The zero-order valence-corrected chi connectivity index (χ0v) is 6.59. The van der Waals surface area contributed by atoms with Crippen molar-refractivity contribution >= 4 is 5.78 Å². The minimum Gasteiger partial charge on any atom is -0.512 e. The van der Waals surface area contributed by atoms with Crippen LogP contribution in [0.1, 0.15) is 13.8 Å². The summed E-state index contributed by atoms with van der Waals surface area (Å²) in [6, 6.07) is 0. The Morgan fingerprint density at radius 2 is 2.09 bits per heavy atom. The van der Waals surface area contributed by atoms with Crippen molar-refractivity contribution in [2.75, 3.05) is 0 Å². The highest BCUT2D eigenvalue weighted by molar-refractivity contribution is 6.00. The third-order valence-corrected chi connectivity index (χ3v) is 1.59. The second-order valence-corrected chi connectivity index (χ2v) is 2.49. The first-order chi connectivity index (χ1) is 5.13. The van der Waals surface area contributed by atoms with Gasteiger partial charge < -0.3 is 5.11 Å². The Balaban J connectivity index is 3.05. The summed E-state index contributed by atoms with van der Waals surface area (Å²) in [5, 5.41) is 9.11. The molecule has 0 saturated carbocycles. The van der Waals surface area contributed by atoms with E-state index in [4.69, 9.17) is 5.11 Å². The molecule has 0 amide bonds. The Labute approximate surface area is 65.5 Å². The molecule has 11 heavy (non-hydrogen) atoms. The van der Waals surface area contributed by atoms with Crippen molar-refractivity contribution in [1.29, 1.82) is 0 Å². The number of carbonyl (C=O) groups excluding carboxylic acids is 1. The molecule has 0 spiro atoms. The van der Waals surface area contributed by atoms with E-state index < -0.39 is 0 Å². The van der Waals surface area contributed by atoms with Gasteiger partial charge in [-0.2, -0.15) is 0 Å². The highest BCUT2D eigenvalue weighted by atomic mass is 16.3. The van der Waals surface area contributed by atoms with Crippen LogP contribution in [0, 0.1) is 0 Å². The molecular weight excluding hydrogens is 140 g/mol. The van der Waals surface area contributed by atoms with E-state index in [1.54, 1.807) is 25.2 Å². The molecule has 0 fully saturated rings. The summed E-state index contributed by atoms with van der Waals surface area (Å²) in [6.07, 6.45) is 5.19. The van der Waals surface area contributed by atoms with Crippen LogP contribution in [0.4, 0.5) is 0 Å². The first-order valence-corrected chi connectivity index (χ1v) is 3.42. The predicted molar refractivity (Wildman–Crippen MR) is 43.2 cm³/mol. The van der Waals surface area contributed by atoms with Crippen LogP contribution < -0.4 is 0 Å². The van der Waals surface area contributed by atoms with Crippen molar-refractivity contribution in [2.45, 2.75) is 13.8 Å². The van der Waals surface area contributed by atoms with Gasteiger partial charge in [-0.25, -0.2) is 0 Å². The predicted octanol–water partition coefficient (Wildman–Crippen LogP) is 1.90. The maximum atomic E-state index is 10.9. The number of Topliss-reactive ketones (excluding diaryl/α,β-unsaturated/α-hetero) is 1. The highest BCUT2D eigenvalue weighted by Gasteiger charge is 2.12. The number of carbonyl (C=O) groups is 1. The third-order valence-electron chi connectivity index (χ3n) is 1.59. The average Bonchev–Trinajstić information content (AvgIpc) is 2.32. The molecule has 0 heterocycles. The summed E-state index contributed by atoms with van der Waals surface area (Å²) in [6.45, 7) is 3.06. The number of rotatable bonds is 1. The largest absolute Gasteiger partial charge is 0.512 e. The zero-order valence-electron chi connectivity index (χ0n) is 6.59. The second kappa shape index (κ2) is 2.74. The topological polar surface area (TPSA) is 37.3 Å². The molecule has 2 heteroatoms. The maximum absolute atomic E-state index is 10.9. The van der Waals surface area contributed by atoms with E-state index in [9.17, 15) is 4.79 Å². The zero-order chi connectivity index (χ0) is 8.43. The van der Waals surface area contributed by atoms with Crippen molar-refractivity contribution in [3.8, 4) is 0 Å². The summed E-state index contributed by atoms with van der Waals surface area (Å²) >= 11 is 0. The van der Waals surface area contributed by atoms with Crippen molar-refractivity contribution in [1.82, 2.24) is 0 Å². The Kier molecular flexibility index (Phi) is 1.94. The number of ketones is 1. The minimum absolute atomic E-state index is 0.0154. The molecule has 0 aromatic rings. The number of allylic oxidation sites excluding steroid dienone is 6. The molecule has 0 unspecified atom stereocenters. The number of hydrogen-bond acceptors (Lipinski definition) is 2. The van der Waals surface area contributed by atoms with Gasteiger partial charge in [-0.15, -0.1) is 0 Å². The SMILES string of the molecule is CC(=O)C1=CC=C/C1=C(\C)O. The van der Waals surface area contributed by atoms with Gasteiger partial charge in [-0.3, -0.25) is 4.79 Å². The lowest BCUT2D eigenvalue weighted by Crippen LogP contribution is -1.97. The molecule has 1 N–H and O–H groups in total. The molecule has 0 radical (unpaired) electrons. The molecular formula is C9H10O2. The summed E-state index contributed by atoms with van der Waals surface area (Å²) in [5.41, 5.74) is 1.22. The van der Waals surface area contributed by atoms with E-state index >= 15 is 0 Å². The van der Waals surface area contributed by atoms with E-state index in [0.29, 0.717) is 11.1 Å². The Morgan fingerprint density at radius 3 is 2.45 bits per heavy atom. The standard InChI is InChI=1S/C9H10O2/c1-6(10)8-4-3-5-9(8)7(2)11/h3-5,10H,1-2H3/b8-6-. The number of aliphatic hydroxyl groups excluding tert-OH is 1. The maximum Gasteiger partial charge on any atom is 0.160 e. The Morgan fingerprint density at radius 1 is 1.45 bits per heavy atom. The fraction of sp³-hybridized carbons (Fsp3) is 0.222. The molecule has 0 atom stereocenters. The van der Waals surface area contributed by atoms with Gasteiger partial charge in [0.15, 0.2) is 5.78 Å². The highest BCUT2D eigenvalue weighted by Crippen LogP contribution is 2.21. The molecule has 0 aromatic heterocycles. The van der Waals surface area contributed by atoms with Gasteiger partial charge >= 0.3 is 0 Å². The van der Waals surface area contributed by atoms with Crippen LogP contribution in [0.2, 0.25) is 0 Å². The molecule has 0 bridgehead atoms. The lowest BCUT2D eigenvalue weighted by atomic mass is 10.1. The van der Waals surface area contributed by atoms with Crippen molar-refractivity contribution in [3.05, 3.63) is 35.1 Å². The summed E-state index contributed by atoms with van der Waals surface area (Å²) < 4.78 is 0. The lowest BCUT2D eigenvalue weighted by Gasteiger charge is -2.00.